The van der Waals surface area contributed by atoms with E-state index in [2.05, 4.69) is 5.32 Å². The number of ketones is 1. The zero-order chi connectivity index (χ0) is 13.2. The Hall–Kier alpha value is -2.00. The van der Waals surface area contributed by atoms with Gasteiger partial charge < -0.3 is 10.4 Å². The Morgan fingerprint density at radius 3 is 2.60 bits per heavy atom. The van der Waals surface area contributed by atoms with Gasteiger partial charge >= 0.3 is 0 Å². The first-order chi connectivity index (χ1) is 9.27. The van der Waals surface area contributed by atoms with E-state index in [4.69, 9.17) is 0 Å². The molecule has 0 saturated heterocycles. The molecule has 0 aromatic heterocycles. The fourth-order valence-corrected chi connectivity index (χ4v) is 2.53. The maximum Gasteiger partial charge on any atom is 0.193 e. The zero-order valence-electron chi connectivity index (χ0n) is 10.9. The molecule has 0 aliphatic carbocycles. The number of fused-ring (bicyclic) bond motifs is 1. The van der Waals surface area contributed by atoms with Crippen LogP contribution in [0.3, 0.4) is 0 Å². The highest BCUT2D eigenvalue weighted by molar-refractivity contribution is 6.11. The molecule has 1 aliphatic heterocycles. The lowest BCUT2D eigenvalue weighted by atomic mass is 9.92. The monoisotopic (exact) mass is 289 g/mol. The standard InChI is InChI=1S/C16H15NO2.ClH/c18-14-9-8-13(12-7-4-10-17-15(12)14)16(19)11-5-2-1-3-6-11;/h1-3,5-6,8-9,17-18H,4,7,10H2;1H. The van der Waals surface area contributed by atoms with E-state index in [1.54, 1.807) is 12.1 Å². The molecule has 1 heterocycles. The molecule has 2 aromatic rings. The summed E-state index contributed by atoms with van der Waals surface area (Å²) in [6.07, 6.45) is 1.80. The minimum Gasteiger partial charge on any atom is -0.506 e. The van der Waals surface area contributed by atoms with Crippen LogP contribution in [0.25, 0.3) is 0 Å². The fourth-order valence-electron chi connectivity index (χ4n) is 2.53. The number of nitrogens with one attached hydrogen (secondary N) is 1. The minimum absolute atomic E-state index is 0. The van der Waals surface area contributed by atoms with E-state index >= 15 is 0 Å². The first-order valence-corrected chi connectivity index (χ1v) is 6.46. The normalized spacial score (nSPS) is 12.8. The van der Waals surface area contributed by atoms with Gasteiger partial charge in [0.2, 0.25) is 0 Å². The van der Waals surface area contributed by atoms with Gasteiger partial charge in [-0.25, -0.2) is 0 Å². The molecule has 1 aliphatic rings. The van der Waals surface area contributed by atoms with Crippen LogP contribution < -0.4 is 5.32 Å². The van der Waals surface area contributed by atoms with Crippen molar-refractivity contribution < 1.29 is 9.90 Å². The van der Waals surface area contributed by atoms with Crippen LogP contribution >= 0.6 is 12.4 Å². The molecule has 104 valence electrons. The molecule has 0 radical (unpaired) electrons. The number of hydrogen-bond acceptors (Lipinski definition) is 3. The average Bonchev–Trinajstić information content (AvgIpc) is 2.48. The fraction of sp³-hybridized carbons (Fsp3) is 0.188. The van der Waals surface area contributed by atoms with E-state index in [9.17, 15) is 9.90 Å². The molecule has 3 rings (SSSR count). The minimum atomic E-state index is 0. The maximum atomic E-state index is 12.5. The van der Waals surface area contributed by atoms with Gasteiger partial charge in [0.1, 0.15) is 5.75 Å². The van der Waals surface area contributed by atoms with E-state index in [1.807, 2.05) is 30.3 Å². The van der Waals surface area contributed by atoms with Gasteiger partial charge in [-0.05, 0) is 30.5 Å². The summed E-state index contributed by atoms with van der Waals surface area (Å²) in [6, 6.07) is 12.6. The topological polar surface area (TPSA) is 49.3 Å². The molecular weight excluding hydrogens is 274 g/mol. The summed E-state index contributed by atoms with van der Waals surface area (Å²) >= 11 is 0. The van der Waals surface area contributed by atoms with Crippen LogP contribution in [-0.4, -0.2) is 17.4 Å². The number of halogens is 1. The molecule has 2 N–H and O–H groups in total. The predicted molar refractivity (Wildman–Crippen MR) is 82.0 cm³/mol. The van der Waals surface area contributed by atoms with Crippen LogP contribution in [0.1, 0.15) is 27.9 Å². The van der Waals surface area contributed by atoms with Gasteiger partial charge in [0.05, 0.1) is 5.69 Å². The second-order valence-electron chi connectivity index (χ2n) is 4.71. The van der Waals surface area contributed by atoms with Crippen LogP contribution in [-0.2, 0) is 6.42 Å². The SMILES string of the molecule is Cl.O=C(c1ccccc1)c1ccc(O)c2c1CCCN2. The van der Waals surface area contributed by atoms with Gasteiger partial charge in [-0.3, -0.25) is 4.79 Å². The summed E-state index contributed by atoms with van der Waals surface area (Å²) in [5, 5.41) is 13.0. The Balaban J connectivity index is 0.00000147. The highest BCUT2D eigenvalue weighted by Crippen LogP contribution is 2.34. The first-order valence-electron chi connectivity index (χ1n) is 6.46. The molecule has 0 fully saturated rings. The predicted octanol–water partition coefficient (Wildman–Crippen LogP) is 3.40. The number of phenols is 1. The van der Waals surface area contributed by atoms with Gasteiger partial charge in [0.15, 0.2) is 5.78 Å². The van der Waals surface area contributed by atoms with Crippen molar-refractivity contribution in [1.29, 1.82) is 0 Å². The molecule has 0 spiro atoms. The van der Waals surface area contributed by atoms with Crippen LogP contribution in [0.2, 0.25) is 0 Å². The average molecular weight is 290 g/mol. The van der Waals surface area contributed by atoms with E-state index in [-0.39, 0.29) is 23.9 Å². The largest absolute Gasteiger partial charge is 0.506 e. The van der Waals surface area contributed by atoms with E-state index in [1.165, 1.54) is 0 Å². The quantitative estimate of drug-likeness (QED) is 0.658. The van der Waals surface area contributed by atoms with E-state index in [0.29, 0.717) is 16.8 Å². The summed E-state index contributed by atoms with van der Waals surface area (Å²) in [4.78, 5) is 12.5. The van der Waals surface area contributed by atoms with Crippen LogP contribution in [0.15, 0.2) is 42.5 Å². The first kappa shape index (κ1) is 14.4. The number of phenolic OH excluding ortho intramolecular Hbond substituents is 1. The van der Waals surface area contributed by atoms with Gasteiger partial charge in [-0.1, -0.05) is 30.3 Å². The Bertz CT molecular complexity index is 626. The van der Waals surface area contributed by atoms with Crippen molar-refractivity contribution in [3.8, 4) is 5.75 Å². The zero-order valence-corrected chi connectivity index (χ0v) is 11.7. The third kappa shape index (κ3) is 2.49. The van der Waals surface area contributed by atoms with Gasteiger partial charge in [0.25, 0.3) is 0 Å². The molecule has 0 bridgehead atoms. The summed E-state index contributed by atoms with van der Waals surface area (Å²) in [5.41, 5.74) is 3.01. The Morgan fingerprint density at radius 1 is 1.10 bits per heavy atom. The van der Waals surface area contributed by atoms with Crippen molar-refractivity contribution in [2.75, 3.05) is 11.9 Å². The summed E-state index contributed by atoms with van der Waals surface area (Å²) in [7, 11) is 0. The molecule has 0 unspecified atom stereocenters. The molecule has 4 heteroatoms. The second kappa shape index (κ2) is 5.97. The summed E-state index contributed by atoms with van der Waals surface area (Å²) in [6.45, 7) is 0.837. The second-order valence-corrected chi connectivity index (χ2v) is 4.71. The molecule has 3 nitrogen and oxygen atoms in total. The lowest BCUT2D eigenvalue weighted by molar-refractivity contribution is 0.103. The third-order valence-corrected chi connectivity index (χ3v) is 3.48. The highest BCUT2D eigenvalue weighted by Gasteiger charge is 2.21. The Morgan fingerprint density at radius 2 is 1.85 bits per heavy atom. The van der Waals surface area contributed by atoms with Crippen molar-refractivity contribution in [2.45, 2.75) is 12.8 Å². The van der Waals surface area contributed by atoms with Crippen LogP contribution in [0.4, 0.5) is 5.69 Å². The molecule has 0 atom stereocenters. The number of aromatic hydroxyl groups is 1. The molecule has 0 saturated carbocycles. The Kier molecular flexibility index (Phi) is 4.30. The number of carbonyl (C=O) groups excluding carboxylic acids is 1. The van der Waals surface area contributed by atoms with Crippen molar-refractivity contribution in [3.05, 3.63) is 59.2 Å². The molecular formula is C16H16ClNO2. The smallest absolute Gasteiger partial charge is 0.193 e. The van der Waals surface area contributed by atoms with Crippen LogP contribution in [0, 0.1) is 0 Å². The Labute approximate surface area is 124 Å². The number of hydrogen-bond donors (Lipinski definition) is 2. The van der Waals surface area contributed by atoms with Crippen LogP contribution in [0.5, 0.6) is 5.75 Å². The number of carbonyl (C=O) groups is 1. The third-order valence-electron chi connectivity index (χ3n) is 3.48. The van der Waals surface area contributed by atoms with Crippen molar-refractivity contribution >= 4 is 23.9 Å². The summed E-state index contributed by atoms with van der Waals surface area (Å²) in [5.74, 6) is 0.236. The van der Waals surface area contributed by atoms with Crippen molar-refractivity contribution in [3.63, 3.8) is 0 Å². The highest BCUT2D eigenvalue weighted by atomic mass is 35.5. The summed E-state index contributed by atoms with van der Waals surface area (Å²) < 4.78 is 0. The maximum absolute atomic E-state index is 12.5. The van der Waals surface area contributed by atoms with E-state index in [0.717, 1.165) is 24.9 Å². The number of rotatable bonds is 2. The molecule has 0 amide bonds. The van der Waals surface area contributed by atoms with Gasteiger partial charge in [-0.15, -0.1) is 12.4 Å². The number of anilines is 1. The molecule has 2 aromatic carbocycles. The lowest BCUT2D eigenvalue weighted by Gasteiger charge is -2.21. The van der Waals surface area contributed by atoms with Gasteiger partial charge in [0, 0.05) is 17.7 Å². The van der Waals surface area contributed by atoms with E-state index < -0.39 is 0 Å². The lowest BCUT2D eigenvalue weighted by Crippen LogP contribution is -2.16. The van der Waals surface area contributed by atoms with Gasteiger partial charge in [-0.2, -0.15) is 0 Å². The van der Waals surface area contributed by atoms with Crippen molar-refractivity contribution in [2.24, 2.45) is 0 Å². The number of benzene rings is 2. The molecule has 20 heavy (non-hydrogen) atoms. The van der Waals surface area contributed by atoms with Crippen molar-refractivity contribution in [1.82, 2.24) is 0 Å².